The summed E-state index contributed by atoms with van der Waals surface area (Å²) in [7, 11) is 1.28. The number of carbonyl (C=O) groups is 2. The molecule has 3 rings (SSSR count). The highest BCUT2D eigenvalue weighted by Gasteiger charge is 2.23. The summed E-state index contributed by atoms with van der Waals surface area (Å²) < 4.78 is 18.5. The molecule has 1 atom stereocenters. The first-order valence-electron chi connectivity index (χ1n) is 8.38. The zero-order chi connectivity index (χ0) is 19.2. The second-order valence-electron chi connectivity index (χ2n) is 5.93. The molecule has 0 spiro atoms. The molecule has 27 heavy (non-hydrogen) atoms. The molecule has 0 unspecified atom stereocenters. The van der Waals surface area contributed by atoms with Crippen LogP contribution in [0.3, 0.4) is 0 Å². The summed E-state index contributed by atoms with van der Waals surface area (Å²) in [4.78, 5) is 27.9. The van der Waals surface area contributed by atoms with Crippen molar-refractivity contribution in [3.63, 3.8) is 0 Å². The highest BCUT2D eigenvalue weighted by atomic mass is 32.2. The van der Waals surface area contributed by atoms with Crippen LogP contribution in [0.1, 0.15) is 5.56 Å². The third-order valence-corrected chi connectivity index (χ3v) is 5.16. The van der Waals surface area contributed by atoms with Crippen LogP contribution in [0.15, 0.2) is 59.6 Å². The van der Waals surface area contributed by atoms with E-state index in [0.717, 1.165) is 28.2 Å². The first kappa shape index (κ1) is 19.0. The Morgan fingerprint density at radius 3 is 2.70 bits per heavy atom. The highest BCUT2D eigenvalue weighted by Crippen LogP contribution is 2.22. The first-order chi connectivity index (χ1) is 13.1. The topological polar surface area (TPSA) is 71.2 Å². The number of amides is 1. The number of halogens is 1. The molecule has 7 heteroatoms. The molecular weight excluding hydrogens is 367 g/mol. The Morgan fingerprint density at radius 1 is 1.19 bits per heavy atom. The number of rotatable bonds is 7. The number of esters is 1. The molecule has 0 fully saturated rings. The number of carbonyl (C=O) groups excluding carboxylic acids is 2. The fourth-order valence-corrected chi connectivity index (χ4v) is 3.55. The van der Waals surface area contributed by atoms with Crippen LogP contribution >= 0.6 is 11.8 Å². The van der Waals surface area contributed by atoms with Crippen molar-refractivity contribution >= 4 is 34.5 Å². The second-order valence-corrected chi connectivity index (χ2v) is 6.94. The molecule has 140 valence electrons. The molecular formula is C20H19FN2O3S. The average Bonchev–Trinajstić information content (AvgIpc) is 3.09. The smallest absolute Gasteiger partial charge is 0.328 e. The molecule has 0 radical (unpaired) electrons. The fraction of sp³-hybridized carbons (Fsp3) is 0.200. The molecule has 2 N–H and O–H groups in total. The van der Waals surface area contributed by atoms with Gasteiger partial charge in [0, 0.05) is 28.4 Å². The van der Waals surface area contributed by atoms with Gasteiger partial charge in [0.25, 0.3) is 0 Å². The van der Waals surface area contributed by atoms with E-state index in [-0.39, 0.29) is 17.5 Å². The van der Waals surface area contributed by atoms with Gasteiger partial charge in [-0.15, -0.1) is 11.8 Å². The molecule has 0 aliphatic rings. The molecule has 0 saturated heterocycles. The van der Waals surface area contributed by atoms with Crippen molar-refractivity contribution in [3.8, 4) is 0 Å². The number of aromatic nitrogens is 1. The largest absolute Gasteiger partial charge is 0.467 e. The Hall–Kier alpha value is -2.80. The van der Waals surface area contributed by atoms with E-state index in [0.29, 0.717) is 11.3 Å². The van der Waals surface area contributed by atoms with E-state index in [1.165, 1.54) is 13.2 Å². The summed E-state index contributed by atoms with van der Waals surface area (Å²) in [5, 5.41) is 3.68. The third-order valence-electron chi connectivity index (χ3n) is 4.12. The standard InChI is InChI=1S/C20H19FN2O3S/c1-26-20(25)17(10-13-11-22-16-8-4-2-6-14(13)16)23-19(24)12-27-18-9-5-3-7-15(18)21/h2-9,11,17,22H,10,12H2,1H3,(H,23,24)/t17-/m0/s1. The third kappa shape index (κ3) is 4.68. The number of methoxy groups -OCH3 is 1. The van der Waals surface area contributed by atoms with Gasteiger partial charge in [-0.2, -0.15) is 0 Å². The van der Waals surface area contributed by atoms with Gasteiger partial charge in [-0.25, -0.2) is 9.18 Å². The van der Waals surface area contributed by atoms with Gasteiger partial charge in [-0.1, -0.05) is 30.3 Å². The van der Waals surface area contributed by atoms with Gasteiger partial charge in [-0.3, -0.25) is 4.79 Å². The van der Waals surface area contributed by atoms with Crippen molar-refractivity contribution in [1.29, 1.82) is 0 Å². The van der Waals surface area contributed by atoms with Crippen LogP contribution in [-0.2, 0) is 20.7 Å². The predicted molar refractivity (Wildman–Crippen MR) is 103 cm³/mol. The normalized spacial score (nSPS) is 11.9. The maximum absolute atomic E-state index is 13.7. The summed E-state index contributed by atoms with van der Waals surface area (Å²) in [6, 6.07) is 13.2. The SMILES string of the molecule is COC(=O)[C@H](Cc1c[nH]c2ccccc12)NC(=O)CSc1ccccc1F. The Balaban J connectivity index is 1.67. The monoisotopic (exact) mass is 386 g/mol. The van der Waals surface area contributed by atoms with Gasteiger partial charge in [0.2, 0.25) is 5.91 Å². The van der Waals surface area contributed by atoms with Gasteiger partial charge in [0.1, 0.15) is 11.9 Å². The molecule has 1 amide bonds. The van der Waals surface area contributed by atoms with Crippen molar-refractivity contribution in [2.24, 2.45) is 0 Å². The van der Waals surface area contributed by atoms with Crippen LogP contribution in [0.4, 0.5) is 4.39 Å². The number of H-pyrrole nitrogens is 1. The Morgan fingerprint density at radius 2 is 1.93 bits per heavy atom. The number of fused-ring (bicyclic) bond motifs is 1. The van der Waals surface area contributed by atoms with Gasteiger partial charge in [0.15, 0.2) is 0 Å². The van der Waals surface area contributed by atoms with Crippen molar-refractivity contribution in [1.82, 2.24) is 10.3 Å². The lowest BCUT2D eigenvalue weighted by Crippen LogP contribution is -2.43. The zero-order valence-electron chi connectivity index (χ0n) is 14.7. The lowest BCUT2D eigenvalue weighted by atomic mass is 10.0. The molecule has 1 heterocycles. The summed E-state index contributed by atoms with van der Waals surface area (Å²) in [6.07, 6.45) is 2.12. The number of aromatic amines is 1. The van der Waals surface area contributed by atoms with E-state index in [1.54, 1.807) is 18.2 Å². The minimum absolute atomic E-state index is 0.00229. The van der Waals surface area contributed by atoms with Crippen LogP contribution in [0, 0.1) is 5.82 Å². The predicted octanol–water partition coefficient (Wildman–Crippen LogP) is 3.30. The maximum atomic E-state index is 13.7. The maximum Gasteiger partial charge on any atom is 0.328 e. The van der Waals surface area contributed by atoms with Crippen molar-refractivity contribution in [2.75, 3.05) is 12.9 Å². The van der Waals surface area contributed by atoms with Crippen LogP contribution in [0.25, 0.3) is 10.9 Å². The van der Waals surface area contributed by atoms with E-state index < -0.39 is 12.0 Å². The van der Waals surface area contributed by atoms with E-state index in [9.17, 15) is 14.0 Å². The van der Waals surface area contributed by atoms with E-state index in [1.807, 2.05) is 30.5 Å². The van der Waals surface area contributed by atoms with Crippen LogP contribution in [-0.4, -0.2) is 35.8 Å². The van der Waals surface area contributed by atoms with Crippen LogP contribution < -0.4 is 5.32 Å². The minimum Gasteiger partial charge on any atom is -0.467 e. The zero-order valence-corrected chi connectivity index (χ0v) is 15.5. The fourth-order valence-electron chi connectivity index (χ4n) is 2.80. The van der Waals surface area contributed by atoms with Gasteiger partial charge in [-0.05, 0) is 23.8 Å². The van der Waals surface area contributed by atoms with E-state index in [4.69, 9.17) is 4.74 Å². The molecule has 0 saturated carbocycles. The lowest BCUT2D eigenvalue weighted by Gasteiger charge is -2.16. The number of para-hydroxylation sites is 1. The molecule has 2 aromatic carbocycles. The molecule has 3 aromatic rings. The van der Waals surface area contributed by atoms with Gasteiger partial charge >= 0.3 is 5.97 Å². The number of thioether (sulfide) groups is 1. The lowest BCUT2D eigenvalue weighted by molar-refractivity contribution is -0.144. The number of hydrogen-bond donors (Lipinski definition) is 2. The van der Waals surface area contributed by atoms with Crippen LogP contribution in [0.2, 0.25) is 0 Å². The highest BCUT2D eigenvalue weighted by molar-refractivity contribution is 8.00. The second kappa shape index (κ2) is 8.73. The van der Waals surface area contributed by atoms with E-state index in [2.05, 4.69) is 10.3 Å². The van der Waals surface area contributed by atoms with E-state index >= 15 is 0 Å². The first-order valence-corrected chi connectivity index (χ1v) is 9.36. The van der Waals surface area contributed by atoms with Gasteiger partial charge < -0.3 is 15.0 Å². The van der Waals surface area contributed by atoms with Crippen molar-refractivity contribution in [3.05, 3.63) is 66.1 Å². The Bertz CT molecular complexity index is 957. The quantitative estimate of drug-likeness (QED) is 0.483. The summed E-state index contributed by atoms with van der Waals surface area (Å²) in [6.45, 7) is 0. The molecule has 0 bridgehead atoms. The van der Waals surface area contributed by atoms with Crippen molar-refractivity contribution < 1.29 is 18.7 Å². The summed E-state index contributed by atoms with van der Waals surface area (Å²) >= 11 is 1.08. The Kier molecular flexibility index (Phi) is 6.13. The van der Waals surface area contributed by atoms with Gasteiger partial charge in [0.05, 0.1) is 12.9 Å². The molecule has 0 aliphatic heterocycles. The minimum atomic E-state index is -0.817. The number of ether oxygens (including phenoxy) is 1. The number of hydrogen-bond acceptors (Lipinski definition) is 4. The summed E-state index contributed by atoms with van der Waals surface area (Å²) in [5.74, 6) is -1.26. The molecule has 0 aliphatic carbocycles. The molecule has 1 aromatic heterocycles. The van der Waals surface area contributed by atoms with Crippen molar-refractivity contribution in [2.45, 2.75) is 17.4 Å². The average molecular weight is 386 g/mol. The van der Waals surface area contributed by atoms with Crippen LogP contribution in [0.5, 0.6) is 0 Å². The molecule has 5 nitrogen and oxygen atoms in total. The number of nitrogens with one attached hydrogen (secondary N) is 2. The summed E-state index contributed by atoms with van der Waals surface area (Å²) in [5.41, 5.74) is 1.86. The number of benzene rings is 2. The Labute approximate surface area is 160 Å².